The first-order valence-corrected chi connectivity index (χ1v) is 8.68. The number of hydrogen-bond donors (Lipinski definition) is 0. The van der Waals surface area contributed by atoms with Gasteiger partial charge in [-0.2, -0.15) is 5.10 Å². The van der Waals surface area contributed by atoms with Gasteiger partial charge in [0.15, 0.2) is 0 Å². The minimum absolute atomic E-state index is 0.130. The molecule has 2 aromatic rings. The van der Waals surface area contributed by atoms with Crippen LogP contribution in [0.25, 0.3) is 0 Å². The Morgan fingerprint density at radius 1 is 1.12 bits per heavy atom. The summed E-state index contributed by atoms with van der Waals surface area (Å²) in [5, 5.41) is 6.81. The summed E-state index contributed by atoms with van der Waals surface area (Å²) in [5.74, 6) is 1.64. The van der Waals surface area contributed by atoms with Crippen LogP contribution in [0.5, 0.6) is 0 Å². The first-order chi connectivity index (χ1) is 12.3. The van der Waals surface area contributed by atoms with Gasteiger partial charge in [0.05, 0.1) is 25.3 Å². The molecule has 5 heteroatoms. The molecule has 1 aromatic heterocycles. The van der Waals surface area contributed by atoms with Crippen molar-refractivity contribution >= 4 is 5.84 Å². The maximum Gasteiger partial charge on any atom is 0.127 e. The Morgan fingerprint density at radius 2 is 2.00 bits per heavy atom. The predicted octanol–water partition coefficient (Wildman–Crippen LogP) is 3.15. The molecule has 122 valence electrons. The molecule has 2 fully saturated rings. The highest BCUT2D eigenvalue weighted by atomic mass is 15.6. The molecule has 2 aliphatic heterocycles. The van der Waals surface area contributed by atoms with E-state index in [1.54, 1.807) is 12.4 Å². The van der Waals surface area contributed by atoms with Crippen LogP contribution in [0.15, 0.2) is 54.0 Å². The summed E-state index contributed by atoms with van der Waals surface area (Å²) in [6, 6.07) is 11.2. The van der Waals surface area contributed by atoms with E-state index in [1.807, 2.05) is 11.2 Å². The molecule has 0 amide bonds. The van der Waals surface area contributed by atoms with Gasteiger partial charge in [-0.25, -0.2) is 0 Å². The van der Waals surface area contributed by atoms with Gasteiger partial charge in [-0.3, -0.25) is 15.0 Å². The van der Waals surface area contributed by atoms with Crippen molar-refractivity contribution in [1.29, 1.82) is 0 Å². The van der Waals surface area contributed by atoms with Crippen LogP contribution in [-0.4, -0.2) is 38.4 Å². The van der Waals surface area contributed by atoms with Crippen molar-refractivity contribution in [2.24, 2.45) is 5.10 Å². The molecule has 1 aliphatic carbocycles. The molecule has 2 unspecified atom stereocenters. The highest BCUT2D eigenvalue weighted by molar-refractivity contribution is 5.85. The molecule has 3 aliphatic rings. The fourth-order valence-corrected chi connectivity index (χ4v) is 4.00. The van der Waals surface area contributed by atoms with Gasteiger partial charge in [-0.1, -0.05) is 30.3 Å². The molecule has 24 heavy (non-hydrogen) atoms. The fraction of sp³-hybridized carbons (Fsp3) is 0.421. The van der Waals surface area contributed by atoms with E-state index in [2.05, 4.69) is 45.2 Å². The van der Waals surface area contributed by atoms with Gasteiger partial charge < -0.3 is 4.90 Å². The summed E-state index contributed by atoms with van der Waals surface area (Å²) in [4.78, 5) is 10.8. The van der Waals surface area contributed by atoms with Crippen molar-refractivity contribution in [3.05, 3.63) is 60.2 Å². The zero-order chi connectivity index (χ0) is 16.8. The van der Waals surface area contributed by atoms with Crippen LogP contribution in [-0.2, 0) is 0 Å². The highest BCUT2D eigenvalue weighted by Gasteiger charge is 2.42. The van der Waals surface area contributed by atoms with E-state index < -0.39 is 6.64 Å². The normalized spacial score (nSPS) is 32.2. The second-order valence-electron chi connectivity index (χ2n) is 6.84. The number of rotatable bonds is 3. The zero-order valence-corrected chi connectivity index (χ0v) is 13.5. The molecule has 0 spiro atoms. The van der Waals surface area contributed by atoms with Gasteiger partial charge in [0.25, 0.3) is 0 Å². The van der Waals surface area contributed by atoms with Crippen LogP contribution < -0.4 is 0 Å². The quantitative estimate of drug-likeness (QED) is 0.871. The Labute approximate surface area is 143 Å². The summed E-state index contributed by atoms with van der Waals surface area (Å²) in [6.07, 6.45) is 9.30. The Morgan fingerprint density at radius 3 is 2.79 bits per heavy atom. The second-order valence-corrected chi connectivity index (χ2v) is 6.84. The number of hydrazone groups is 1. The van der Waals surface area contributed by atoms with Crippen molar-refractivity contribution < 1.29 is 1.37 Å². The van der Waals surface area contributed by atoms with E-state index in [0.29, 0.717) is 12.0 Å². The van der Waals surface area contributed by atoms with E-state index >= 15 is 0 Å². The number of fused-ring (bicyclic) bond motifs is 1. The minimum atomic E-state index is -0.439. The molecule has 3 heterocycles. The molecule has 5 nitrogen and oxygen atoms in total. The van der Waals surface area contributed by atoms with Crippen LogP contribution in [0, 0.1) is 0 Å². The maximum atomic E-state index is 8.72. The molecule has 1 aromatic carbocycles. The van der Waals surface area contributed by atoms with Crippen molar-refractivity contribution in [3.63, 3.8) is 0 Å². The Balaban J connectivity index is 1.30. The van der Waals surface area contributed by atoms with Crippen LogP contribution in [0.1, 0.15) is 50.3 Å². The van der Waals surface area contributed by atoms with Crippen LogP contribution >= 0.6 is 0 Å². The molecule has 0 N–H and O–H groups in total. The third-order valence-corrected chi connectivity index (χ3v) is 5.43. The van der Waals surface area contributed by atoms with E-state index in [1.165, 1.54) is 5.56 Å². The lowest BCUT2D eigenvalue weighted by molar-refractivity contribution is 0.0863. The third kappa shape index (κ3) is 2.27. The molecule has 0 bridgehead atoms. The molecule has 1 saturated carbocycles. The summed E-state index contributed by atoms with van der Waals surface area (Å²) in [7, 11) is 0. The molecule has 1 saturated heterocycles. The van der Waals surface area contributed by atoms with E-state index in [9.17, 15) is 0 Å². The molecule has 0 radical (unpaired) electrons. The SMILES string of the molecule is [2H]C1N(C2CC(c3ccccc3)C2)N=C2CCC(c3cnccn3)N21. The standard InChI is InChI=1S/C19H21N5/c1-2-4-14(5-3-1)15-10-16(11-15)24-13-23-18(6-7-19(23)22-24)17-12-20-8-9-21-17/h1-5,8-9,12,15-16,18H,6-7,10-11,13H2/i13D. The Bertz CT molecular complexity index is 775. The van der Waals surface area contributed by atoms with Crippen molar-refractivity contribution in [2.75, 3.05) is 6.64 Å². The predicted molar refractivity (Wildman–Crippen MR) is 92.2 cm³/mol. The van der Waals surface area contributed by atoms with Gasteiger partial charge in [-0.05, 0) is 30.7 Å². The van der Waals surface area contributed by atoms with Gasteiger partial charge in [0, 0.05) is 18.8 Å². The molecule has 2 atom stereocenters. The van der Waals surface area contributed by atoms with E-state index in [0.717, 1.165) is 37.2 Å². The summed E-state index contributed by atoms with van der Waals surface area (Å²) < 4.78 is 8.72. The fourth-order valence-electron chi connectivity index (χ4n) is 4.00. The average Bonchev–Trinajstić information content (AvgIpc) is 3.17. The monoisotopic (exact) mass is 320 g/mol. The topological polar surface area (TPSA) is 44.6 Å². The minimum Gasteiger partial charge on any atom is -0.331 e. The first-order valence-electron chi connectivity index (χ1n) is 9.26. The molecular weight excluding hydrogens is 298 g/mol. The lowest BCUT2D eigenvalue weighted by atomic mass is 9.75. The van der Waals surface area contributed by atoms with Crippen molar-refractivity contribution in [1.82, 2.24) is 19.9 Å². The largest absolute Gasteiger partial charge is 0.331 e. The van der Waals surface area contributed by atoms with E-state index in [-0.39, 0.29) is 6.04 Å². The average molecular weight is 320 g/mol. The number of benzene rings is 1. The lowest BCUT2D eigenvalue weighted by Crippen LogP contribution is -2.42. The third-order valence-electron chi connectivity index (χ3n) is 5.43. The van der Waals surface area contributed by atoms with Gasteiger partial charge in [0.1, 0.15) is 12.5 Å². The van der Waals surface area contributed by atoms with Gasteiger partial charge in [-0.15, -0.1) is 0 Å². The summed E-state index contributed by atoms with van der Waals surface area (Å²) in [6.45, 7) is -0.439. The first kappa shape index (κ1) is 12.9. The van der Waals surface area contributed by atoms with Crippen LogP contribution in [0.2, 0.25) is 0 Å². The Hall–Kier alpha value is -2.43. The maximum absolute atomic E-state index is 8.72. The zero-order valence-electron chi connectivity index (χ0n) is 14.5. The molecule has 5 rings (SSSR count). The van der Waals surface area contributed by atoms with Crippen LogP contribution in [0.4, 0.5) is 0 Å². The molecular formula is C19H21N5. The summed E-state index contributed by atoms with van der Waals surface area (Å²) >= 11 is 0. The second kappa shape index (κ2) is 5.58. The summed E-state index contributed by atoms with van der Waals surface area (Å²) in [5.41, 5.74) is 2.35. The van der Waals surface area contributed by atoms with Crippen molar-refractivity contribution in [3.8, 4) is 0 Å². The van der Waals surface area contributed by atoms with Crippen LogP contribution in [0.3, 0.4) is 0 Å². The number of nitrogens with zero attached hydrogens (tertiary/aromatic N) is 5. The van der Waals surface area contributed by atoms with Gasteiger partial charge in [0.2, 0.25) is 0 Å². The number of aromatic nitrogens is 2. The number of hydrogen-bond acceptors (Lipinski definition) is 5. The lowest BCUT2D eigenvalue weighted by Gasteiger charge is -2.41. The number of amidine groups is 1. The highest BCUT2D eigenvalue weighted by Crippen LogP contribution is 2.43. The van der Waals surface area contributed by atoms with E-state index in [4.69, 9.17) is 6.47 Å². The Kier molecular flexibility index (Phi) is 3.01. The van der Waals surface area contributed by atoms with Gasteiger partial charge >= 0.3 is 0 Å². The van der Waals surface area contributed by atoms with Crippen molar-refractivity contribution in [2.45, 2.75) is 43.7 Å². The smallest absolute Gasteiger partial charge is 0.127 e.